The average molecular weight is 472 g/mol. The molecule has 0 aromatic heterocycles. The Bertz CT molecular complexity index is 833. The normalized spacial score (nSPS) is 31.9. The summed E-state index contributed by atoms with van der Waals surface area (Å²) in [7, 11) is 0. The van der Waals surface area contributed by atoms with Crippen LogP contribution in [0.1, 0.15) is 92.6 Å². The zero-order valence-electron chi connectivity index (χ0n) is 22.2. The smallest absolute Gasteiger partial charge is 0.431 e. The molecule has 2 aliphatic carbocycles. The van der Waals surface area contributed by atoms with E-state index in [1.165, 1.54) is 13.3 Å². The first-order valence-corrected chi connectivity index (χ1v) is 13.3. The van der Waals surface area contributed by atoms with Gasteiger partial charge in [0.2, 0.25) is 5.91 Å². The Morgan fingerprint density at radius 3 is 2.18 bits per heavy atom. The molecule has 1 amide bonds. The van der Waals surface area contributed by atoms with Gasteiger partial charge in [-0.05, 0) is 73.0 Å². The van der Waals surface area contributed by atoms with Crippen LogP contribution in [0, 0.1) is 35.5 Å². The summed E-state index contributed by atoms with van der Waals surface area (Å²) in [5, 5.41) is 2.83. The Balaban J connectivity index is 1.90. The van der Waals surface area contributed by atoms with E-state index in [4.69, 9.17) is 9.47 Å². The Kier molecular flexibility index (Phi) is 8.70. The number of carbonyl (C=O) groups is 2. The number of ether oxygens (including phenoxy) is 2. The van der Waals surface area contributed by atoms with Gasteiger partial charge in [-0.25, -0.2) is 4.79 Å². The summed E-state index contributed by atoms with van der Waals surface area (Å²) >= 11 is 0. The molecule has 6 atom stereocenters. The van der Waals surface area contributed by atoms with Crippen LogP contribution >= 0.6 is 0 Å². The molecule has 0 heterocycles. The molecule has 3 rings (SSSR count). The molecule has 6 unspecified atom stereocenters. The summed E-state index contributed by atoms with van der Waals surface area (Å²) in [6.07, 6.45) is 5.48. The van der Waals surface area contributed by atoms with Crippen LogP contribution in [0.5, 0.6) is 0 Å². The molecule has 2 fully saturated rings. The number of hydrogen-bond donors (Lipinski definition) is 1. The highest BCUT2D eigenvalue weighted by molar-refractivity contribution is 5.88. The molecule has 190 valence electrons. The highest BCUT2D eigenvalue weighted by Gasteiger charge is 2.49. The molecule has 0 spiro atoms. The fourth-order valence-corrected chi connectivity index (χ4v) is 6.43. The number of benzene rings is 1. The van der Waals surface area contributed by atoms with Gasteiger partial charge < -0.3 is 14.8 Å². The molecule has 2 saturated carbocycles. The Morgan fingerprint density at radius 1 is 0.941 bits per heavy atom. The molecule has 0 aliphatic heterocycles. The zero-order chi connectivity index (χ0) is 25.0. The third-order valence-corrected chi connectivity index (χ3v) is 8.19. The van der Waals surface area contributed by atoms with Crippen LogP contribution < -0.4 is 5.32 Å². The van der Waals surface area contributed by atoms with E-state index in [1.807, 2.05) is 24.3 Å². The van der Waals surface area contributed by atoms with Crippen molar-refractivity contribution in [3.05, 3.63) is 29.8 Å². The van der Waals surface area contributed by atoms with Gasteiger partial charge in [-0.3, -0.25) is 4.79 Å². The fraction of sp³-hybridized carbons (Fsp3) is 0.724. The summed E-state index contributed by atoms with van der Waals surface area (Å²) in [5.74, 6) is 2.30. The van der Waals surface area contributed by atoms with Crippen molar-refractivity contribution >= 4 is 17.7 Å². The predicted molar refractivity (Wildman–Crippen MR) is 136 cm³/mol. The molecule has 0 saturated heterocycles. The van der Waals surface area contributed by atoms with Gasteiger partial charge in [0, 0.05) is 18.5 Å². The summed E-state index contributed by atoms with van der Waals surface area (Å²) in [4.78, 5) is 24.9. The quantitative estimate of drug-likeness (QED) is 0.435. The van der Waals surface area contributed by atoms with Crippen molar-refractivity contribution in [2.45, 2.75) is 98.7 Å². The minimum atomic E-state index is -0.731. The highest BCUT2D eigenvalue weighted by Crippen LogP contribution is 2.50. The number of nitrogens with one attached hydrogen (secondary N) is 1. The lowest BCUT2D eigenvalue weighted by Gasteiger charge is -2.47. The molecule has 1 aromatic rings. The van der Waals surface area contributed by atoms with Crippen molar-refractivity contribution in [3.63, 3.8) is 0 Å². The summed E-state index contributed by atoms with van der Waals surface area (Å²) in [6, 6.07) is 7.82. The van der Waals surface area contributed by atoms with E-state index in [0.29, 0.717) is 29.6 Å². The molecular weight excluding hydrogens is 426 g/mol. The first-order chi connectivity index (χ1) is 16.0. The lowest BCUT2D eigenvalue weighted by molar-refractivity contribution is -0.131. The monoisotopic (exact) mass is 471 g/mol. The largest absolute Gasteiger partial charge is 0.509 e. The van der Waals surface area contributed by atoms with Crippen LogP contribution in [0.4, 0.5) is 10.5 Å². The van der Waals surface area contributed by atoms with Gasteiger partial charge in [0.05, 0.1) is 0 Å². The molecule has 34 heavy (non-hydrogen) atoms. The first-order valence-electron chi connectivity index (χ1n) is 13.3. The topological polar surface area (TPSA) is 64.6 Å². The number of anilines is 1. The highest BCUT2D eigenvalue weighted by atomic mass is 16.7. The Morgan fingerprint density at radius 2 is 1.59 bits per heavy atom. The second-order valence-electron chi connectivity index (χ2n) is 11.7. The predicted octanol–water partition coefficient (Wildman–Crippen LogP) is 7.55. The van der Waals surface area contributed by atoms with Crippen LogP contribution in [0.3, 0.4) is 0 Å². The van der Waals surface area contributed by atoms with Crippen LogP contribution in [-0.4, -0.2) is 18.2 Å². The fourth-order valence-electron chi connectivity index (χ4n) is 6.43. The van der Waals surface area contributed by atoms with E-state index in [2.05, 4.69) is 46.9 Å². The van der Waals surface area contributed by atoms with Crippen molar-refractivity contribution in [1.29, 1.82) is 0 Å². The van der Waals surface area contributed by atoms with E-state index in [9.17, 15) is 9.59 Å². The molecule has 1 N–H and O–H groups in total. The molecular formula is C29H45NO4. The third kappa shape index (κ3) is 6.14. The van der Waals surface area contributed by atoms with Crippen LogP contribution in [0.2, 0.25) is 0 Å². The minimum absolute atomic E-state index is 0.0889. The second-order valence-corrected chi connectivity index (χ2v) is 11.7. The van der Waals surface area contributed by atoms with Crippen LogP contribution in [0.15, 0.2) is 24.3 Å². The van der Waals surface area contributed by atoms with Gasteiger partial charge in [0.1, 0.15) is 11.7 Å². The molecule has 1 aromatic carbocycles. The standard InChI is InChI=1S/C29H45NO4/c1-18(2)25-14-8-20(5)16-27(25)33-28(32)34-29(17-21(6)9-15-26(29)19(3)4)23-10-12-24(13-11-23)30-22(7)31/h10-13,18-21,25-27H,8-9,14-17H2,1-7H3,(H,30,31). The van der Waals surface area contributed by atoms with Crippen LogP contribution in [-0.2, 0) is 19.9 Å². The SMILES string of the molecule is CC(=O)Nc1ccc(C2(OC(=O)OC3CC(C)CCC3C(C)C)CC(C)CCC2C(C)C)cc1. The van der Waals surface area contributed by atoms with Gasteiger partial charge in [-0.15, -0.1) is 0 Å². The van der Waals surface area contributed by atoms with Gasteiger partial charge in [-0.1, -0.05) is 66.5 Å². The van der Waals surface area contributed by atoms with Crippen molar-refractivity contribution in [3.8, 4) is 0 Å². The Labute approximate surface area is 206 Å². The molecule has 0 radical (unpaired) electrons. The van der Waals surface area contributed by atoms with Crippen molar-refractivity contribution in [2.24, 2.45) is 35.5 Å². The van der Waals surface area contributed by atoms with Gasteiger partial charge in [0.25, 0.3) is 0 Å². The Hall–Kier alpha value is -2.04. The van der Waals surface area contributed by atoms with Crippen molar-refractivity contribution < 1.29 is 19.1 Å². The third-order valence-electron chi connectivity index (χ3n) is 8.19. The minimum Gasteiger partial charge on any atom is -0.431 e. The van der Waals surface area contributed by atoms with Gasteiger partial charge in [-0.2, -0.15) is 0 Å². The van der Waals surface area contributed by atoms with Crippen molar-refractivity contribution in [1.82, 2.24) is 0 Å². The average Bonchev–Trinajstić information content (AvgIpc) is 2.73. The number of hydrogen-bond acceptors (Lipinski definition) is 4. The van der Waals surface area contributed by atoms with E-state index in [1.54, 1.807) is 0 Å². The van der Waals surface area contributed by atoms with E-state index in [-0.39, 0.29) is 17.9 Å². The lowest BCUT2D eigenvalue weighted by atomic mass is 9.64. The van der Waals surface area contributed by atoms with E-state index < -0.39 is 11.8 Å². The lowest BCUT2D eigenvalue weighted by Crippen LogP contribution is -2.47. The summed E-state index contributed by atoms with van der Waals surface area (Å²) in [5.41, 5.74) is 1.00. The van der Waals surface area contributed by atoms with E-state index >= 15 is 0 Å². The molecule has 2 aliphatic rings. The number of amides is 1. The number of rotatable bonds is 6. The summed E-state index contributed by atoms with van der Waals surface area (Å²) < 4.78 is 12.6. The maximum atomic E-state index is 13.4. The summed E-state index contributed by atoms with van der Waals surface area (Å²) in [6.45, 7) is 14.9. The maximum Gasteiger partial charge on any atom is 0.509 e. The second kappa shape index (κ2) is 11.1. The van der Waals surface area contributed by atoms with Gasteiger partial charge >= 0.3 is 6.16 Å². The molecule has 5 heteroatoms. The number of carbonyl (C=O) groups excluding carboxylic acids is 2. The first kappa shape index (κ1) is 26.6. The van der Waals surface area contributed by atoms with Gasteiger partial charge in [0.15, 0.2) is 0 Å². The maximum absolute atomic E-state index is 13.4. The zero-order valence-corrected chi connectivity index (χ0v) is 22.2. The van der Waals surface area contributed by atoms with E-state index in [0.717, 1.165) is 43.4 Å². The van der Waals surface area contributed by atoms with Crippen LogP contribution in [0.25, 0.3) is 0 Å². The molecule has 0 bridgehead atoms. The van der Waals surface area contributed by atoms with Crippen molar-refractivity contribution in [2.75, 3.05) is 5.32 Å². The molecule has 5 nitrogen and oxygen atoms in total.